The Labute approximate surface area is 127 Å². The normalized spacial score (nSPS) is 10.6. The van der Waals surface area contributed by atoms with E-state index in [1.54, 1.807) is 11.3 Å². The molecule has 2 aromatic heterocycles. The average molecular weight is 300 g/mol. The van der Waals surface area contributed by atoms with Gasteiger partial charge in [-0.05, 0) is 30.5 Å². The van der Waals surface area contributed by atoms with Gasteiger partial charge < -0.3 is 15.4 Å². The smallest absolute Gasteiger partial charge is 0.225 e. The molecule has 0 atom stereocenters. The highest BCUT2D eigenvalue weighted by atomic mass is 32.1. The van der Waals surface area contributed by atoms with Crippen molar-refractivity contribution in [2.24, 2.45) is 0 Å². The number of hydrogen-bond donors (Lipinski definition) is 2. The van der Waals surface area contributed by atoms with Crippen LogP contribution >= 0.6 is 11.3 Å². The van der Waals surface area contributed by atoms with Crippen molar-refractivity contribution in [1.29, 1.82) is 0 Å². The number of anilines is 3. The van der Waals surface area contributed by atoms with E-state index >= 15 is 0 Å². The molecule has 0 saturated heterocycles. The van der Waals surface area contributed by atoms with E-state index in [0.717, 1.165) is 27.5 Å². The minimum Gasteiger partial charge on any atom is -0.494 e. The van der Waals surface area contributed by atoms with Crippen molar-refractivity contribution in [2.45, 2.75) is 6.92 Å². The lowest BCUT2D eigenvalue weighted by Crippen LogP contribution is -2.01. The first-order valence-electron chi connectivity index (χ1n) is 6.73. The van der Waals surface area contributed by atoms with Crippen molar-refractivity contribution in [1.82, 2.24) is 9.97 Å². The molecule has 0 fully saturated rings. The van der Waals surface area contributed by atoms with Crippen LogP contribution in [-0.2, 0) is 0 Å². The zero-order valence-corrected chi connectivity index (χ0v) is 12.7. The summed E-state index contributed by atoms with van der Waals surface area (Å²) in [6.07, 6.45) is 0. The Morgan fingerprint density at radius 1 is 1.24 bits per heavy atom. The molecule has 21 heavy (non-hydrogen) atoms. The molecule has 3 aromatic rings. The number of aromatic nitrogens is 2. The van der Waals surface area contributed by atoms with E-state index in [0.29, 0.717) is 12.6 Å². The Morgan fingerprint density at radius 3 is 2.95 bits per heavy atom. The zero-order chi connectivity index (χ0) is 14.7. The maximum Gasteiger partial charge on any atom is 0.225 e. The topological polar surface area (TPSA) is 59.1 Å². The number of benzene rings is 1. The molecule has 0 saturated carbocycles. The zero-order valence-electron chi connectivity index (χ0n) is 11.9. The molecule has 0 aliphatic heterocycles. The van der Waals surface area contributed by atoms with Gasteiger partial charge in [-0.25, -0.2) is 4.98 Å². The Bertz CT molecular complexity index is 756. The van der Waals surface area contributed by atoms with Crippen molar-refractivity contribution < 1.29 is 4.74 Å². The van der Waals surface area contributed by atoms with Gasteiger partial charge in [0.05, 0.1) is 12.0 Å². The number of nitrogens with zero attached hydrogens (tertiary/aromatic N) is 2. The maximum absolute atomic E-state index is 5.52. The van der Waals surface area contributed by atoms with Crippen molar-refractivity contribution >= 4 is 39.0 Å². The number of nitrogens with one attached hydrogen (secondary N) is 2. The lowest BCUT2D eigenvalue weighted by Gasteiger charge is -2.10. The fourth-order valence-corrected chi connectivity index (χ4v) is 2.79. The summed E-state index contributed by atoms with van der Waals surface area (Å²) in [4.78, 5) is 9.89. The summed E-state index contributed by atoms with van der Waals surface area (Å²) in [6, 6.07) is 9.87. The van der Waals surface area contributed by atoms with Crippen molar-refractivity contribution in [2.75, 3.05) is 24.3 Å². The van der Waals surface area contributed by atoms with Gasteiger partial charge in [0, 0.05) is 18.8 Å². The van der Waals surface area contributed by atoms with Gasteiger partial charge in [-0.1, -0.05) is 6.07 Å². The van der Waals surface area contributed by atoms with Crippen LogP contribution in [0.4, 0.5) is 17.5 Å². The molecule has 3 rings (SSSR count). The second kappa shape index (κ2) is 5.97. The highest BCUT2D eigenvalue weighted by Crippen LogP contribution is 2.29. The van der Waals surface area contributed by atoms with Gasteiger partial charge in [-0.15, -0.1) is 11.3 Å². The van der Waals surface area contributed by atoms with Crippen LogP contribution in [-0.4, -0.2) is 23.6 Å². The molecule has 5 nitrogen and oxygen atoms in total. The Morgan fingerprint density at radius 2 is 2.14 bits per heavy atom. The standard InChI is InChI=1S/C15H16N4OS/c1-3-20-11-6-4-5-10(9-11)17-13-12-7-8-21-14(12)19-15(16-2)18-13/h4-9H,3H2,1-2H3,(H2,16,17,18,19). The van der Waals surface area contributed by atoms with Crippen LogP contribution in [0, 0.1) is 0 Å². The summed E-state index contributed by atoms with van der Waals surface area (Å²) >= 11 is 1.60. The van der Waals surface area contributed by atoms with Crippen molar-refractivity contribution in [3.63, 3.8) is 0 Å². The SMILES string of the molecule is CCOc1cccc(Nc2nc(NC)nc3sccc23)c1. The molecule has 0 radical (unpaired) electrons. The van der Waals surface area contributed by atoms with Gasteiger partial charge in [-0.2, -0.15) is 4.98 Å². The first-order chi connectivity index (χ1) is 10.3. The Kier molecular flexibility index (Phi) is 3.87. The fraction of sp³-hybridized carbons (Fsp3) is 0.200. The van der Waals surface area contributed by atoms with Gasteiger partial charge in [0.25, 0.3) is 0 Å². The Hall–Kier alpha value is -2.34. The molecule has 108 valence electrons. The van der Waals surface area contributed by atoms with Crippen LogP contribution in [0.3, 0.4) is 0 Å². The molecule has 1 aromatic carbocycles. The quantitative estimate of drug-likeness (QED) is 0.749. The monoisotopic (exact) mass is 300 g/mol. The summed E-state index contributed by atoms with van der Waals surface area (Å²) in [7, 11) is 1.81. The summed E-state index contributed by atoms with van der Waals surface area (Å²) < 4.78 is 5.52. The minimum atomic E-state index is 0.605. The van der Waals surface area contributed by atoms with E-state index in [1.165, 1.54) is 0 Å². The third kappa shape index (κ3) is 2.90. The van der Waals surface area contributed by atoms with Gasteiger partial charge in [-0.3, -0.25) is 0 Å². The number of ether oxygens (including phenoxy) is 1. The van der Waals surface area contributed by atoms with Crippen LogP contribution < -0.4 is 15.4 Å². The highest BCUT2D eigenvalue weighted by Gasteiger charge is 2.08. The second-order valence-electron chi connectivity index (χ2n) is 4.37. The highest BCUT2D eigenvalue weighted by molar-refractivity contribution is 7.16. The molecule has 0 unspecified atom stereocenters. The van der Waals surface area contributed by atoms with Crippen LogP contribution in [0.5, 0.6) is 5.75 Å². The van der Waals surface area contributed by atoms with Gasteiger partial charge in [0.2, 0.25) is 5.95 Å². The van der Waals surface area contributed by atoms with E-state index in [1.807, 2.05) is 49.7 Å². The second-order valence-corrected chi connectivity index (χ2v) is 5.27. The van der Waals surface area contributed by atoms with Crippen LogP contribution in [0.15, 0.2) is 35.7 Å². The van der Waals surface area contributed by atoms with Crippen LogP contribution in [0.1, 0.15) is 6.92 Å². The molecular formula is C15H16N4OS. The lowest BCUT2D eigenvalue weighted by molar-refractivity contribution is 0.340. The third-order valence-electron chi connectivity index (χ3n) is 2.96. The number of rotatable bonds is 5. The van der Waals surface area contributed by atoms with Crippen LogP contribution in [0.2, 0.25) is 0 Å². The number of hydrogen-bond acceptors (Lipinski definition) is 6. The van der Waals surface area contributed by atoms with Gasteiger partial charge >= 0.3 is 0 Å². The molecular weight excluding hydrogens is 284 g/mol. The van der Waals surface area contributed by atoms with E-state index in [9.17, 15) is 0 Å². The molecule has 0 amide bonds. The summed E-state index contributed by atoms with van der Waals surface area (Å²) in [5.74, 6) is 2.24. The molecule has 0 aliphatic rings. The molecule has 0 spiro atoms. The largest absolute Gasteiger partial charge is 0.494 e. The van der Waals surface area contributed by atoms with Gasteiger partial charge in [0.15, 0.2) is 0 Å². The van der Waals surface area contributed by atoms with Crippen LogP contribution in [0.25, 0.3) is 10.2 Å². The first kappa shape index (κ1) is 13.6. The first-order valence-corrected chi connectivity index (χ1v) is 7.61. The minimum absolute atomic E-state index is 0.605. The van der Waals surface area contributed by atoms with E-state index in [-0.39, 0.29) is 0 Å². The van der Waals surface area contributed by atoms with Crippen molar-refractivity contribution in [3.8, 4) is 5.75 Å². The van der Waals surface area contributed by atoms with E-state index in [4.69, 9.17) is 4.74 Å². The Balaban J connectivity index is 1.97. The lowest BCUT2D eigenvalue weighted by atomic mass is 10.3. The number of thiophene rings is 1. The third-order valence-corrected chi connectivity index (χ3v) is 3.76. The molecule has 2 N–H and O–H groups in total. The fourth-order valence-electron chi connectivity index (χ4n) is 2.03. The predicted molar refractivity (Wildman–Crippen MR) is 87.9 cm³/mol. The molecule has 2 heterocycles. The predicted octanol–water partition coefficient (Wildman–Crippen LogP) is 3.88. The number of fused-ring (bicyclic) bond motifs is 1. The van der Waals surface area contributed by atoms with E-state index in [2.05, 4.69) is 20.6 Å². The average Bonchev–Trinajstić information content (AvgIpc) is 2.96. The van der Waals surface area contributed by atoms with Crippen molar-refractivity contribution in [3.05, 3.63) is 35.7 Å². The van der Waals surface area contributed by atoms with Gasteiger partial charge in [0.1, 0.15) is 16.4 Å². The molecule has 6 heteroatoms. The summed E-state index contributed by atoms with van der Waals surface area (Å²) in [5, 5.41) is 9.36. The molecule has 0 bridgehead atoms. The maximum atomic E-state index is 5.52. The van der Waals surface area contributed by atoms with E-state index < -0.39 is 0 Å². The summed E-state index contributed by atoms with van der Waals surface area (Å²) in [5.41, 5.74) is 0.939. The molecule has 0 aliphatic carbocycles. The summed E-state index contributed by atoms with van der Waals surface area (Å²) in [6.45, 7) is 2.62.